The van der Waals surface area contributed by atoms with Crippen molar-refractivity contribution >= 4 is 39.5 Å². The van der Waals surface area contributed by atoms with Crippen LogP contribution < -0.4 is 0 Å². The predicted octanol–water partition coefficient (Wildman–Crippen LogP) is 11.8. The van der Waals surface area contributed by atoms with Gasteiger partial charge in [-0.25, -0.2) is 8.78 Å². The third-order valence-corrected chi connectivity index (χ3v) is 10.6. The highest BCUT2D eigenvalue weighted by Gasteiger charge is 2.92. The van der Waals surface area contributed by atoms with Gasteiger partial charge in [-0.3, -0.25) is 0 Å². The van der Waals surface area contributed by atoms with Gasteiger partial charge in [0.2, 0.25) is 0 Å². The molecule has 0 aliphatic heterocycles. The molecule has 0 saturated heterocycles. The van der Waals surface area contributed by atoms with Crippen LogP contribution in [-0.2, 0) is 0 Å². The molecule has 2 atom stereocenters. The highest BCUT2D eigenvalue weighted by atomic mass is 79.9. The van der Waals surface area contributed by atoms with E-state index in [1.54, 1.807) is 0 Å². The maximum atomic E-state index is 14.2. The normalized spacial score (nSPS) is 18.2. The molecule has 32 heteroatoms. The molecule has 0 aliphatic carbocycles. The van der Waals surface area contributed by atoms with Crippen LogP contribution in [0.1, 0.15) is 19.3 Å². The predicted molar refractivity (Wildman–Crippen MR) is 129 cm³/mol. The summed E-state index contributed by atoms with van der Waals surface area (Å²) in [5.74, 6) is -82.1. The molecule has 1 N–H and O–H groups in total. The Morgan fingerprint density at radius 2 is 0.623 bits per heavy atom. The summed E-state index contributed by atoms with van der Waals surface area (Å²) in [5.41, 5.74) is -7.63. The van der Waals surface area contributed by atoms with E-state index in [0.29, 0.717) is 0 Å². The molecule has 1 nitrogen and oxygen atoms in total. The van der Waals surface area contributed by atoms with Crippen molar-refractivity contribution in [1.29, 1.82) is 0 Å². The lowest BCUT2D eigenvalue weighted by Gasteiger charge is -2.40. The minimum Gasteiger partial charge on any atom is -0.396 e. The lowest BCUT2D eigenvalue weighted by Crippen LogP contribution is -2.70. The van der Waals surface area contributed by atoms with Gasteiger partial charge in [-0.15, -0.1) is 23.5 Å². The van der Waals surface area contributed by atoms with Crippen molar-refractivity contribution in [1.82, 2.24) is 0 Å². The number of rotatable bonds is 20. The van der Waals surface area contributed by atoms with Crippen LogP contribution in [0, 0.1) is 0 Å². The lowest BCUT2D eigenvalue weighted by atomic mass is 9.93. The molecule has 0 aromatic carbocycles. The summed E-state index contributed by atoms with van der Waals surface area (Å²) in [7, 11) is 0. The molecule has 0 saturated carbocycles. The van der Waals surface area contributed by atoms with Crippen molar-refractivity contribution < 1.29 is 128 Å². The van der Waals surface area contributed by atoms with Crippen molar-refractivity contribution in [3.05, 3.63) is 0 Å². The Labute approximate surface area is 292 Å². The molecule has 0 amide bonds. The molecule has 0 fully saturated rings. The maximum absolute atomic E-state index is 14.2. The molecule has 0 rings (SSSR count). The van der Waals surface area contributed by atoms with E-state index < -0.39 is 148 Å². The van der Waals surface area contributed by atoms with Crippen molar-refractivity contribution in [3.63, 3.8) is 0 Å². The molecule has 53 heavy (non-hydrogen) atoms. The second-order valence-electron chi connectivity index (χ2n) is 10.5. The molecular weight excluding hydrogens is 944 g/mol. The molecule has 0 aliphatic rings. The minimum absolute atomic E-state index is 0.874. The van der Waals surface area contributed by atoms with Crippen molar-refractivity contribution in [2.24, 2.45) is 0 Å². The quantitative estimate of drug-likeness (QED) is 0.0970. The van der Waals surface area contributed by atoms with Gasteiger partial charge in [0.1, 0.15) is 0 Å². The van der Waals surface area contributed by atoms with Crippen LogP contribution in [-0.4, -0.2) is 110 Å². The molecule has 0 heterocycles. The van der Waals surface area contributed by atoms with Crippen LogP contribution in [0.15, 0.2) is 0 Å². The maximum Gasteiger partial charge on any atom is 0.460 e. The summed E-state index contributed by atoms with van der Waals surface area (Å²) < 4.78 is 369. The molecule has 2 unspecified atom stereocenters. The summed E-state index contributed by atoms with van der Waals surface area (Å²) in [6.07, 6.45) is -23.4. The van der Waals surface area contributed by atoms with Gasteiger partial charge in [-0.2, -0.15) is 114 Å². The fraction of sp³-hybridized carbons (Fsp3) is 1.00. The zero-order valence-electron chi connectivity index (χ0n) is 24.1. The zero-order chi connectivity index (χ0) is 43.3. The first-order chi connectivity index (χ1) is 22.8. The topological polar surface area (TPSA) is 20.2 Å². The first-order valence-corrected chi connectivity index (χ1v) is 15.4. The van der Waals surface area contributed by atoms with Gasteiger partial charge in [0.15, 0.2) is 11.0 Å². The Hall–Kier alpha value is -0.820. The zero-order valence-corrected chi connectivity index (χ0v) is 27.3. The van der Waals surface area contributed by atoms with Gasteiger partial charge >= 0.3 is 71.6 Å². The second-order valence-corrected chi connectivity index (χ2v) is 14.4. The Kier molecular flexibility index (Phi) is 15.3. The van der Waals surface area contributed by atoms with E-state index in [9.17, 15) is 123 Å². The van der Waals surface area contributed by atoms with Gasteiger partial charge in [-0.1, -0.05) is 15.9 Å². The third-order valence-electron chi connectivity index (χ3n) is 6.44. The number of thioether (sulfide) groups is 2. The first kappa shape index (κ1) is 52.2. The fourth-order valence-electron chi connectivity index (χ4n) is 3.25. The molecular formula is C21H15BrF28OS2. The Morgan fingerprint density at radius 3 is 0.830 bits per heavy atom. The molecule has 0 radical (unpaired) electrons. The van der Waals surface area contributed by atoms with E-state index in [0.717, 1.165) is 0 Å². The second kappa shape index (κ2) is 15.5. The van der Waals surface area contributed by atoms with E-state index in [-0.39, 0.29) is 0 Å². The van der Waals surface area contributed by atoms with E-state index in [1.807, 2.05) is 0 Å². The Morgan fingerprint density at radius 1 is 0.396 bits per heavy atom. The average molecular weight is 959 g/mol. The molecule has 0 aromatic rings. The smallest absolute Gasteiger partial charge is 0.396 e. The average Bonchev–Trinajstić information content (AvgIpc) is 2.92. The van der Waals surface area contributed by atoms with Crippen LogP contribution in [0.5, 0.6) is 0 Å². The molecule has 0 bridgehead atoms. The van der Waals surface area contributed by atoms with Gasteiger partial charge in [0, 0.05) is 22.4 Å². The van der Waals surface area contributed by atoms with E-state index >= 15 is 0 Å². The standard InChI is InChI=1S/C21H15BrF28OS2/c22-9(1-2-51,5-52-7(23)3-10(25,26)12(29,30)14(33,34)16(37,38)18(41,42)20(45,46)47)6-53-8(24)4-11(27,28)13(31,32)15(35,36)17(39,40)19(43,44)21(48,49)50/h7-8,51H,1-6H2. The summed E-state index contributed by atoms with van der Waals surface area (Å²) in [4.78, 5) is 0. The van der Waals surface area contributed by atoms with Crippen LogP contribution in [0.25, 0.3) is 0 Å². The van der Waals surface area contributed by atoms with Crippen LogP contribution >= 0.6 is 39.5 Å². The van der Waals surface area contributed by atoms with Crippen molar-refractivity contribution in [2.75, 3.05) is 18.1 Å². The minimum atomic E-state index is -8.33. The number of hydrogen-bond donors (Lipinski definition) is 1. The summed E-state index contributed by atoms with van der Waals surface area (Å²) in [5, 5.41) is 9.03. The monoisotopic (exact) mass is 958 g/mol. The molecule has 320 valence electrons. The van der Waals surface area contributed by atoms with Crippen LogP contribution in [0.3, 0.4) is 0 Å². The molecule has 0 aromatic heterocycles. The highest BCUT2D eigenvalue weighted by molar-refractivity contribution is 9.10. The number of halogens is 29. The van der Waals surface area contributed by atoms with E-state index in [4.69, 9.17) is 5.11 Å². The fourth-order valence-corrected chi connectivity index (χ4v) is 6.45. The Bertz CT molecular complexity index is 1130. The van der Waals surface area contributed by atoms with E-state index in [2.05, 4.69) is 15.9 Å². The van der Waals surface area contributed by atoms with E-state index in [1.165, 1.54) is 0 Å². The third kappa shape index (κ3) is 9.33. The van der Waals surface area contributed by atoms with Crippen LogP contribution in [0.4, 0.5) is 123 Å². The first-order valence-electron chi connectivity index (χ1n) is 12.5. The highest BCUT2D eigenvalue weighted by Crippen LogP contribution is 2.63. The summed E-state index contributed by atoms with van der Waals surface area (Å²) in [6.45, 7) is -1.26. The lowest BCUT2D eigenvalue weighted by molar-refractivity contribution is -0.440. The van der Waals surface area contributed by atoms with Gasteiger partial charge < -0.3 is 5.11 Å². The van der Waals surface area contributed by atoms with Gasteiger partial charge in [0.05, 0.1) is 12.8 Å². The van der Waals surface area contributed by atoms with Crippen molar-refractivity contribution in [2.45, 2.75) is 106 Å². The Balaban J connectivity index is 6.01. The SMILES string of the molecule is OCCC(Br)(CSC(F)CC(F)(F)C(F)(F)C(F)(F)C(F)(F)C(F)(F)C(F)(F)F)CSC(F)CC(F)(F)C(F)(F)C(F)(F)C(F)(F)C(F)(F)C(F)(F)F. The van der Waals surface area contributed by atoms with Crippen LogP contribution in [0.2, 0.25) is 0 Å². The van der Waals surface area contributed by atoms with Gasteiger partial charge in [0.25, 0.3) is 0 Å². The number of hydrogen-bond acceptors (Lipinski definition) is 3. The van der Waals surface area contributed by atoms with Gasteiger partial charge in [-0.05, 0) is 6.42 Å². The summed E-state index contributed by atoms with van der Waals surface area (Å²) >= 11 is 0.664. The van der Waals surface area contributed by atoms with Crippen molar-refractivity contribution in [3.8, 4) is 0 Å². The largest absolute Gasteiger partial charge is 0.460 e. The summed E-state index contributed by atoms with van der Waals surface area (Å²) in [6, 6.07) is 0. The number of aliphatic hydroxyl groups is 1. The molecule has 0 spiro atoms. The number of aliphatic hydroxyl groups excluding tert-OH is 1. The number of alkyl halides is 29.